The molecule has 1 unspecified atom stereocenters. The number of nitrogens with zero attached hydrogens (tertiary/aromatic N) is 2. The van der Waals surface area contributed by atoms with Gasteiger partial charge < -0.3 is 10.3 Å². The third kappa shape index (κ3) is 2.85. The van der Waals surface area contributed by atoms with Crippen LogP contribution in [0.1, 0.15) is 41.5 Å². The number of carbonyl (C=O) groups excluding carboxylic acids is 1. The number of carbonyl (C=O) groups is 1. The van der Waals surface area contributed by atoms with E-state index in [4.69, 9.17) is 0 Å². The Morgan fingerprint density at radius 2 is 1.86 bits per heavy atom. The summed E-state index contributed by atoms with van der Waals surface area (Å²) in [5.41, 5.74) is 7.96. The Labute approximate surface area is 169 Å². The SMILES string of the molecule is O=C1NCC(c2ccc(-c3cc(C4CC4)c[nH]3)cc2)N1c1ccc2c(c1)N=CC2. The lowest BCUT2D eigenvalue weighted by Crippen LogP contribution is -2.29. The molecule has 1 saturated carbocycles. The molecule has 5 heteroatoms. The van der Waals surface area contributed by atoms with E-state index in [9.17, 15) is 4.79 Å². The van der Waals surface area contributed by atoms with Crippen molar-refractivity contribution in [1.82, 2.24) is 10.3 Å². The summed E-state index contributed by atoms with van der Waals surface area (Å²) < 4.78 is 0. The summed E-state index contributed by atoms with van der Waals surface area (Å²) in [7, 11) is 0. The van der Waals surface area contributed by atoms with E-state index in [1.165, 1.54) is 29.5 Å². The van der Waals surface area contributed by atoms with Crippen LogP contribution in [0, 0.1) is 0 Å². The summed E-state index contributed by atoms with van der Waals surface area (Å²) in [6.07, 6.45) is 7.54. The van der Waals surface area contributed by atoms with Gasteiger partial charge in [-0.3, -0.25) is 9.89 Å². The van der Waals surface area contributed by atoms with Gasteiger partial charge in [-0.1, -0.05) is 30.3 Å². The van der Waals surface area contributed by atoms with Crippen LogP contribution in [0.3, 0.4) is 0 Å². The van der Waals surface area contributed by atoms with Crippen molar-refractivity contribution in [3.8, 4) is 11.3 Å². The van der Waals surface area contributed by atoms with Crippen molar-refractivity contribution >= 4 is 23.6 Å². The maximum absolute atomic E-state index is 12.6. The van der Waals surface area contributed by atoms with Crippen LogP contribution in [0.5, 0.6) is 0 Å². The van der Waals surface area contributed by atoms with Gasteiger partial charge >= 0.3 is 6.03 Å². The van der Waals surface area contributed by atoms with Gasteiger partial charge in [-0.2, -0.15) is 0 Å². The number of hydrogen-bond donors (Lipinski definition) is 2. The molecule has 6 rings (SSSR count). The van der Waals surface area contributed by atoms with Crippen molar-refractivity contribution < 1.29 is 4.79 Å². The third-order valence-electron chi connectivity index (χ3n) is 6.23. The van der Waals surface area contributed by atoms with Crippen molar-refractivity contribution in [1.29, 1.82) is 0 Å². The minimum atomic E-state index is -0.0561. The van der Waals surface area contributed by atoms with Gasteiger partial charge in [0.1, 0.15) is 0 Å². The molecule has 1 atom stereocenters. The number of aromatic amines is 1. The highest BCUT2D eigenvalue weighted by Gasteiger charge is 2.33. The van der Waals surface area contributed by atoms with Crippen LogP contribution >= 0.6 is 0 Å². The van der Waals surface area contributed by atoms with Crippen molar-refractivity contribution in [2.24, 2.45) is 4.99 Å². The van der Waals surface area contributed by atoms with Gasteiger partial charge in [-0.25, -0.2) is 4.79 Å². The van der Waals surface area contributed by atoms with Gasteiger partial charge in [0.05, 0.1) is 11.7 Å². The predicted octanol–water partition coefficient (Wildman–Crippen LogP) is 5.09. The molecule has 3 heterocycles. The zero-order valence-corrected chi connectivity index (χ0v) is 16.1. The van der Waals surface area contributed by atoms with Crippen LogP contribution in [-0.2, 0) is 6.42 Å². The summed E-state index contributed by atoms with van der Waals surface area (Å²) in [5.74, 6) is 0.750. The van der Waals surface area contributed by atoms with Gasteiger partial charge in [0.15, 0.2) is 0 Å². The zero-order valence-electron chi connectivity index (χ0n) is 16.1. The van der Waals surface area contributed by atoms with Gasteiger partial charge in [-0.15, -0.1) is 0 Å². The summed E-state index contributed by atoms with van der Waals surface area (Å²) >= 11 is 0. The highest BCUT2D eigenvalue weighted by molar-refractivity contribution is 5.96. The Bertz CT molecular complexity index is 1120. The number of nitrogens with one attached hydrogen (secondary N) is 2. The van der Waals surface area contributed by atoms with Crippen molar-refractivity contribution in [3.63, 3.8) is 0 Å². The minimum absolute atomic E-state index is 0.0225. The molecule has 144 valence electrons. The number of aromatic nitrogens is 1. The monoisotopic (exact) mass is 382 g/mol. The van der Waals surface area contributed by atoms with E-state index in [0.717, 1.165) is 35.0 Å². The van der Waals surface area contributed by atoms with Crippen molar-refractivity contribution in [2.75, 3.05) is 11.4 Å². The fourth-order valence-electron chi connectivity index (χ4n) is 4.42. The van der Waals surface area contributed by atoms with E-state index < -0.39 is 0 Å². The largest absolute Gasteiger partial charge is 0.361 e. The number of fused-ring (bicyclic) bond motifs is 1. The first kappa shape index (κ1) is 16.6. The Kier molecular flexibility index (Phi) is 3.63. The number of benzene rings is 2. The normalized spacial score (nSPS) is 20.2. The molecule has 0 bridgehead atoms. The van der Waals surface area contributed by atoms with E-state index in [1.54, 1.807) is 0 Å². The average molecular weight is 382 g/mol. The van der Waals surface area contributed by atoms with Crippen LogP contribution in [0.25, 0.3) is 11.3 Å². The Morgan fingerprint density at radius 3 is 2.69 bits per heavy atom. The maximum Gasteiger partial charge on any atom is 0.322 e. The number of aliphatic imine (C=N–C) groups is 1. The molecule has 2 aliphatic heterocycles. The van der Waals surface area contributed by atoms with Crippen LogP contribution < -0.4 is 10.2 Å². The lowest BCUT2D eigenvalue weighted by molar-refractivity contribution is 0.251. The third-order valence-corrected chi connectivity index (χ3v) is 6.23. The van der Waals surface area contributed by atoms with Crippen LogP contribution in [-0.4, -0.2) is 23.8 Å². The van der Waals surface area contributed by atoms with E-state index in [1.807, 2.05) is 23.2 Å². The van der Waals surface area contributed by atoms with Crippen molar-refractivity contribution in [3.05, 3.63) is 71.4 Å². The molecule has 1 aromatic heterocycles. The first-order chi connectivity index (χ1) is 14.3. The molecule has 29 heavy (non-hydrogen) atoms. The second-order valence-corrected chi connectivity index (χ2v) is 8.14. The maximum atomic E-state index is 12.6. The molecule has 2 fully saturated rings. The molecule has 3 aliphatic rings. The molecular formula is C24H22N4O. The van der Waals surface area contributed by atoms with Gasteiger partial charge in [0, 0.05) is 36.8 Å². The molecule has 0 spiro atoms. The van der Waals surface area contributed by atoms with Crippen LogP contribution in [0.15, 0.2) is 59.7 Å². The first-order valence-electron chi connectivity index (χ1n) is 10.3. The van der Waals surface area contributed by atoms with E-state index in [2.05, 4.69) is 57.9 Å². The van der Waals surface area contributed by atoms with Crippen LogP contribution in [0.2, 0.25) is 0 Å². The summed E-state index contributed by atoms with van der Waals surface area (Å²) in [5, 5.41) is 3.00. The summed E-state index contributed by atoms with van der Waals surface area (Å²) in [4.78, 5) is 22.3. The number of amides is 2. The molecule has 2 N–H and O–H groups in total. The minimum Gasteiger partial charge on any atom is -0.361 e. The van der Waals surface area contributed by atoms with Gasteiger partial charge in [0.2, 0.25) is 0 Å². The molecule has 2 amide bonds. The number of H-pyrrole nitrogens is 1. The molecule has 1 saturated heterocycles. The number of anilines is 1. The summed E-state index contributed by atoms with van der Waals surface area (Å²) in [6.45, 7) is 0.604. The van der Waals surface area contributed by atoms with Crippen LogP contribution in [0.4, 0.5) is 16.2 Å². The Morgan fingerprint density at radius 1 is 1.00 bits per heavy atom. The highest BCUT2D eigenvalue weighted by atomic mass is 16.2. The fraction of sp³-hybridized carbons (Fsp3) is 0.250. The smallest absolute Gasteiger partial charge is 0.322 e. The number of urea groups is 1. The predicted molar refractivity (Wildman–Crippen MR) is 115 cm³/mol. The van der Waals surface area contributed by atoms with E-state index in [-0.39, 0.29) is 12.1 Å². The summed E-state index contributed by atoms with van der Waals surface area (Å²) in [6, 6.07) is 16.9. The lowest BCUT2D eigenvalue weighted by atomic mass is 10.0. The van der Waals surface area contributed by atoms with Crippen molar-refractivity contribution in [2.45, 2.75) is 31.2 Å². The average Bonchev–Trinajstić information content (AvgIpc) is 3.15. The first-order valence-corrected chi connectivity index (χ1v) is 10.3. The van der Waals surface area contributed by atoms with Gasteiger partial charge in [-0.05, 0) is 59.2 Å². The fourth-order valence-corrected chi connectivity index (χ4v) is 4.42. The topological polar surface area (TPSA) is 60.5 Å². The van der Waals surface area contributed by atoms with Gasteiger partial charge in [0.25, 0.3) is 0 Å². The quantitative estimate of drug-likeness (QED) is 0.649. The number of hydrogen-bond acceptors (Lipinski definition) is 2. The molecular weight excluding hydrogens is 360 g/mol. The molecule has 1 aliphatic carbocycles. The molecule has 3 aromatic rings. The lowest BCUT2D eigenvalue weighted by Gasteiger charge is -2.24. The molecule has 2 aromatic carbocycles. The molecule has 5 nitrogen and oxygen atoms in total. The second kappa shape index (κ2) is 6.34. The Hall–Kier alpha value is -3.34. The number of rotatable bonds is 4. The molecule has 0 radical (unpaired) electrons. The second-order valence-electron chi connectivity index (χ2n) is 8.14. The highest BCUT2D eigenvalue weighted by Crippen LogP contribution is 2.41. The standard InChI is InChI=1S/C24H22N4O/c29-24-27-14-23(28(24)20-8-7-17-9-10-25-22(17)12-20)18-5-3-16(4-6-18)21-11-19(13-26-21)15-1-2-15/h3-8,10-13,15,23,26H,1-2,9,14H2,(H,27,29). The Balaban J connectivity index is 1.29. The van der Waals surface area contributed by atoms with E-state index >= 15 is 0 Å². The van der Waals surface area contributed by atoms with E-state index in [0.29, 0.717) is 6.54 Å². The zero-order chi connectivity index (χ0) is 19.4.